The summed E-state index contributed by atoms with van der Waals surface area (Å²) in [5, 5.41) is 4.04. The Morgan fingerprint density at radius 3 is 2.73 bits per heavy atom. The van der Waals surface area contributed by atoms with Gasteiger partial charge in [-0.25, -0.2) is 14.5 Å². The van der Waals surface area contributed by atoms with Crippen molar-refractivity contribution in [2.24, 2.45) is 5.41 Å². The molecule has 0 saturated carbocycles. The lowest BCUT2D eigenvalue weighted by Gasteiger charge is -2.39. The Bertz CT molecular complexity index is 949. The number of carbonyl (C=O) groups excluding carboxylic acids is 3. The first-order valence-corrected chi connectivity index (χ1v) is 10.3. The molecule has 4 amide bonds. The molecule has 158 valence electrons. The summed E-state index contributed by atoms with van der Waals surface area (Å²) in [6.07, 6.45) is 5.30. The van der Waals surface area contributed by atoms with Crippen molar-refractivity contribution >= 4 is 17.8 Å². The summed E-state index contributed by atoms with van der Waals surface area (Å²) in [7, 11) is 0. The molecule has 3 fully saturated rings. The van der Waals surface area contributed by atoms with Gasteiger partial charge in [-0.2, -0.15) is 5.10 Å². The molecule has 2 aromatic rings. The van der Waals surface area contributed by atoms with Crippen molar-refractivity contribution in [3.63, 3.8) is 0 Å². The summed E-state index contributed by atoms with van der Waals surface area (Å²) >= 11 is 0. The third-order valence-electron chi connectivity index (χ3n) is 6.62. The number of amides is 4. The van der Waals surface area contributed by atoms with Crippen LogP contribution < -0.4 is 0 Å². The lowest BCUT2D eigenvalue weighted by molar-refractivity contribution is -0.128. The van der Waals surface area contributed by atoms with E-state index in [1.165, 1.54) is 11.2 Å². The molecular weight excluding hydrogens is 388 g/mol. The van der Waals surface area contributed by atoms with Gasteiger partial charge >= 0.3 is 6.03 Å². The molecule has 3 aliphatic rings. The average Bonchev–Trinajstić information content (AvgIpc) is 3.52. The van der Waals surface area contributed by atoms with E-state index in [1.54, 1.807) is 32.9 Å². The number of furan rings is 1. The summed E-state index contributed by atoms with van der Waals surface area (Å²) in [4.78, 5) is 46.6. The molecule has 0 aliphatic carbocycles. The van der Waals surface area contributed by atoms with Gasteiger partial charge in [0.25, 0.3) is 11.8 Å². The first kappa shape index (κ1) is 18.8. The number of aromatic nitrogens is 3. The molecule has 5 heterocycles. The zero-order chi connectivity index (χ0) is 20.9. The summed E-state index contributed by atoms with van der Waals surface area (Å²) in [5.41, 5.74) is -0.0754. The number of piperidine rings is 1. The van der Waals surface area contributed by atoms with Gasteiger partial charge in [0.05, 0.1) is 0 Å². The number of carbonyl (C=O) groups is 3. The van der Waals surface area contributed by atoms with Gasteiger partial charge in [-0.05, 0) is 43.7 Å². The quantitative estimate of drug-likeness (QED) is 0.699. The monoisotopic (exact) mass is 412 g/mol. The zero-order valence-electron chi connectivity index (χ0n) is 16.9. The summed E-state index contributed by atoms with van der Waals surface area (Å²) in [6, 6.07) is 2.98. The van der Waals surface area contributed by atoms with E-state index in [-0.39, 0.29) is 29.3 Å². The Kier molecular flexibility index (Phi) is 4.37. The highest BCUT2D eigenvalue weighted by molar-refractivity contribution is 6.04. The minimum Gasteiger partial charge on any atom is -0.454 e. The highest BCUT2D eigenvalue weighted by atomic mass is 16.4. The fourth-order valence-corrected chi connectivity index (χ4v) is 4.95. The van der Waals surface area contributed by atoms with Gasteiger partial charge in [0.1, 0.15) is 31.0 Å². The van der Waals surface area contributed by atoms with Crippen molar-refractivity contribution in [1.29, 1.82) is 0 Å². The van der Waals surface area contributed by atoms with Crippen molar-refractivity contribution in [2.45, 2.75) is 38.8 Å². The standard InChI is InChI=1S/C20H24N6O4/c1-2-25-17(27)15-9-20(11-26(15)19(25)29)5-7-23(8-6-20)18(28)16-4-3-14(30-16)10-24-13-21-12-22-24/h3-4,12-13,15H,2,5-11H2,1H3. The summed E-state index contributed by atoms with van der Waals surface area (Å²) < 4.78 is 7.35. The highest BCUT2D eigenvalue weighted by Crippen LogP contribution is 2.46. The third kappa shape index (κ3) is 2.98. The molecule has 5 rings (SSSR count). The Hall–Kier alpha value is -3.17. The van der Waals surface area contributed by atoms with Gasteiger partial charge < -0.3 is 14.2 Å². The number of fused-ring (bicyclic) bond motifs is 1. The van der Waals surface area contributed by atoms with Crippen LogP contribution in [0.2, 0.25) is 0 Å². The first-order valence-electron chi connectivity index (χ1n) is 10.3. The van der Waals surface area contributed by atoms with Crippen LogP contribution in [0.25, 0.3) is 0 Å². The van der Waals surface area contributed by atoms with Crippen molar-refractivity contribution in [3.8, 4) is 0 Å². The second-order valence-corrected chi connectivity index (χ2v) is 8.36. The normalized spacial score (nSPS) is 23.0. The van der Waals surface area contributed by atoms with Gasteiger partial charge in [-0.15, -0.1) is 0 Å². The molecule has 30 heavy (non-hydrogen) atoms. The van der Waals surface area contributed by atoms with Crippen LogP contribution in [0.1, 0.15) is 42.5 Å². The predicted octanol–water partition coefficient (Wildman–Crippen LogP) is 1.20. The third-order valence-corrected chi connectivity index (χ3v) is 6.62. The number of hydrogen-bond acceptors (Lipinski definition) is 6. The van der Waals surface area contributed by atoms with Gasteiger partial charge in [0.2, 0.25) is 0 Å². The smallest absolute Gasteiger partial charge is 0.327 e. The average molecular weight is 412 g/mol. The molecule has 0 aromatic carbocycles. The minimum atomic E-state index is -0.330. The van der Waals surface area contributed by atoms with Crippen molar-refractivity contribution in [3.05, 3.63) is 36.3 Å². The number of hydrogen-bond donors (Lipinski definition) is 0. The molecule has 0 N–H and O–H groups in total. The van der Waals surface area contributed by atoms with Crippen LogP contribution in [-0.4, -0.2) is 79.5 Å². The van der Waals surface area contributed by atoms with Crippen molar-refractivity contribution in [1.82, 2.24) is 29.5 Å². The van der Waals surface area contributed by atoms with E-state index in [2.05, 4.69) is 10.1 Å². The molecule has 0 bridgehead atoms. The van der Waals surface area contributed by atoms with Gasteiger partial charge in [0, 0.05) is 26.2 Å². The van der Waals surface area contributed by atoms with Crippen molar-refractivity contribution in [2.75, 3.05) is 26.2 Å². The fourth-order valence-electron chi connectivity index (χ4n) is 4.95. The molecule has 3 saturated heterocycles. The van der Waals surface area contributed by atoms with Gasteiger partial charge in [0.15, 0.2) is 5.76 Å². The number of urea groups is 1. The Balaban J connectivity index is 1.21. The van der Waals surface area contributed by atoms with Crippen LogP contribution in [0, 0.1) is 5.41 Å². The minimum absolute atomic E-state index is 0.0754. The van der Waals surface area contributed by atoms with Gasteiger partial charge in [-0.1, -0.05) is 0 Å². The van der Waals surface area contributed by atoms with Crippen LogP contribution in [0.15, 0.2) is 29.2 Å². The predicted molar refractivity (Wildman–Crippen MR) is 103 cm³/mol. The van der Waals surface area contributed by atoms with E-state index in [0.717, 1.165) is 12.8 Å². The molecule has 1 unspecified atom stereocenters. The van der Waals surface area contributed by atoms with E-state index in [1.807, 2.05) is 6.92 Å². The second kappa shape index (κ2) is 6.96. The first-order chi connectivity index (χ1) is 14.5. The lowest BCUT2D eigenvalue weighted by Crippen LogP contribution is -2.45. The van der Waals surface area contributed by atoms with Crippen LogP contribution in [-0.2, 0) is 11.3 Å². The molecule has 1 spiro atoms. The van der Waals surface area contributed by atoms with Crippen LogP contribution in [0.3, 0.4) is 0 Å². The number of likely N-dealkylation sites (tertiary alicyclic amines) is 1. The maximum Gasteiger partial charge on any atom is 0.327 e. The number of likely N-dealkylation sites (N-methyl/N-ethyl adjacent to an activating group) is 1. The number of nitrogens with zero attached hydrogens (tertiary/aromatic N) is 6. The zero-order valence-corrected chi connectivity index (χ0v) is 16.9. The second-order valence-electron chi connectivity index (χ2n) is 8.36. The topological polar surface area (TPSA) is 105 Å². The van der Waals surface area contributed by atoms with Crippen molar-refractivity contribution < 1.29 is 18.8 Å². The molecule has 3 aliphatic heterocycles. The largest absolute Gasteiger partial charge is 0.454 e. The molecule has 2 aromatic heterocycles. The van der Waals surface area contributed by atoms with E-state index in [0.29, 0.717) is 50.7 Å². The highest BCUT2D eigenvalue weighted by Gasteiger charge is 2.56. The Morgan fingerprint density at radius 1 is 1.27 bits per heavy atom. The number of rotatable bonds is 4. The Morgan fingerprint density at radius 2 is 2.07 bits per heavy atom. The van der Waals surface area contributed by atoms with Crippen LogP contribution in [0.5, 0.6) is 0 Å². The van der Waals surface area contributed by atoms with E-state index >= 15 is 0 Å². The summed E-state index contributed by atoms with van der Waals surface area (Å²) in [5.74, 6) is 0.758. The SMILES string of the molecule is CCN1C(=O)C2CC3(CCN(C(=O)c4ccc(Cn5cncn5)o4)CC3)CN2C1=O. The maximum absolute atomic E-state index is 12.9. The molecule has 10 heteroatoms. The fraction of sp³-hybridized carbons (Fsp3) is 0.550. The summed E-state index contributed by atoms with van der Waals surface area (Å²) in [6.45, 7) is 4.45. The Labute approximate surface area is 173 Å². The van der Waals surface area contributed by atoms with Crippen LogP contribution >= 0.6 is 0 Å². The molecule has 10 nitrogen and oxygen atoms in total. The lowest BCUT2D eigenvalue weighted by atomic mass is 9.76. The van der Waals surface area contributed by atoms with Crippen LogP contribution in [0.4, 0.5) is 4.79 Å². The maximum atomic E-state index is 12.9. The van der Waals surface area contributed by atoms with E-state index in [9.17, 15) is 14.4 Å². The molecule has 0 radical (unpaired) electrons. The molecular formula is C20H24N6O4. The van der Waals surface area contributed by atoms with Gasteiger partial charge in [-0.3, -0.25) is 14.5 Å². The molecule has 1 atom stereocenters. The number of imide groups is 1. The van der Waals surface area contributed by atoms with E-state index in [4.69, 9.17) is 4.42 Å². The van der Waals surface area contributed by atoms with E-state index < -0.39 is 0 Å².